The third-order valence-electron chi connectivity index (χ3n) is 2.77. The predicted molar refractivity (Wildman–Crippen MR) is 75.4 cm³/mol. The molecule has 1 nitrogen and oxygen atoms in total. The molecule has 0 aliphatic rings. The van der Waals surface area contributed by atoms with Gasteiger partial charge in [-0.25, -0.2) is 0 Å². The maximum Gasteiger partial charge on any atom is 0.285 e. The number of hydrogen-bond acceptors (Lipinski definition) is 2. The lowest BCUT2D eigenvalue weighted by atomic mass is 10.1. The van der Waals surface area contributed by atoms with Crippen molar-refractivity contribution in [3.8, 4) is 0 Å². The highest BCUT2D eigenvalue weighted by Crippen LogP contribution is 2.26. The average molecular weight is 273 g/mol. The Morgan fingerprint density at radius 2 is 1.94 bits per heavy atom. The summed E-state index contributed by atoms with van der Waals surface area (Å²) in [5.41, 5.74) is 0.0765. The normalized spacial score (nSPS) is 13.6. The quantitative estimate of drug-likeness (QED) is 0.721. The number of hydrogen-bond donors (Lipinski definition) is 1. The molecule has 1 aromatic rings. The van der Waals surface area contributed by atoms with Crippen LogP contribution < -0.4 is 5.32 Å². The van der Waals surface area contributed by atoms with Crippen molar-refractivity contribution in [3.63, 3.8) is 0 Å². The zero-order valence-electron chi connectivity index (χ0n) is 11.0. The Morgan fingerprint density at radius 3 is 2.56 bits per heavy atom. The average Bonchev–Trinajstić information content (AvgIpc) is 2.38. The molecule has 0 spiro atoms. The Morgan fingerprint density at radius 1 is 1.28 bits per heavy atom. The van der Waals surface area contributed by atoms with Crippen LogP contribution in [0.3, 0.4) is 0 Å². The van der Waals surface area contributed by atoms with E-state index in [9.17, 15) is 8.78 Å². The Hall–Kier alpha value is -0.610. The van der Waals surface area contributed by atoms with E-state index >= 15 is 0 Å². The highest BCUT2D eigenvalue weighted by molar-refractivity contribution is 7.99. The van der Waals surface area contributed by atoms with Crippen molar-refractivity contribution in [2.45, 2.75) is 32.2 Å². The third kappa shape index (κ3) is 5.36. The molecule has 0 saturated heterocycles. The van der Waals surface area contributed by atoms with E-state index in [1.807, 2.05) is 18.7 Å². The largest absolute Gasteiger partial charge is 0.308 e. The van der Waals surface area contributed by atoms with Gasteiger partial charge in [0.15, 0.2) is 0 Å². The first-order valence-corrected chi connectivity index (χ1v) is 7.46. The first-order valence-electron chi connectivity index (χ1n) is 6.30. The van der Waals surface area contributed by atoms with E-state index in [1.165, 1.54) is 12.1 Å². The van der Waals surface area contributed by atoms with Crippen molar-refractivity contribution >= 4 is 11.8 Å². The molecule has 1 N–H and O–H groups in total. The van der Waals surface area contributed by atoms with Crippen molar-refractivity contribution in [2.24, 2.45) is 0 Å². The molecule has 0 aliphatic heterocycles. The summed E-state index contributed by atoms with van der Waals surface area (Å²) in [5.74, 6) is -0.706. The highest BCUT2D eigenvalue weighted by Gasteiger charge is 2.31. The minimum absolute atomic E-state index is 0.0765. The summed E-state index contributed by atoms with van der Waals surface area (Å²) in [6.45, 7) is 3.76. The maximum atomic E-state index is 13.8. The van der Waals surface area contributed by atoms with Gasteiger partial charge in [-0.15, -0.1) is 0 Å². The van der Waals surface area contributed by atoms with E-state index < -0.39 is 5.92 Å². The number of rotatable bonds is 8. The molecular formula is C14H21F2NS. The van der Waals surface area contributed by atoms with Crippen molar-refractivity contribution in [3.05, 3.63) is 35.9 Å². The minimum Gasteiger partial charge on any atom is -0.308 e. The lowest BCUT2D eigenvalue weighted by molar-refractivity contribution is -0.00533. The van der Waals surface area contributed by atoms with Gasteiger partial charge in [0.1, 0.15) is 0 Å². The predicted octanol–water partition coefficient (Wildman–Crippen LogP) is 3.90. The molecule has 4 heteroatoms. The SMILES string of the molecule is CCSCCC(C)NCC(F)(F)c1ccccc1. The van der Waals surface area contributed by atoms with Gasteiger partial charge in [-0.3, -0.25) is 0 Å². The molecule has 0 amide bonds. The molecular weight excluding hydrogens is 252 g/mol. The molecule has 1 atom stereocenters. The summed E-state index contributed by atoms with van der Waals surface area (Å²) in [6, 6.07) is 8.10. The van der Waals surface area contributed by atoms with Crippen LogP contribution in [0.5, 0.6) is 0 Å². The van der Waals surface area contributed by atoms with Crippen molar-refractivity contribution in [1.82, 2.24) is 5.32 Å². The third-order valence-corrected chi connectivity index (χ3v) is 3.70. The fourth-order valence-corrected chi connectivity index (χ4v) is 2.40. The van der Waals surface area contributed by atoms with Crippen LogP contribution in [-0.2, 0) is 5.92 Å². The van der Waals surface area contributed by atoms with Gasteiger partial charge >= 0.3 is 0 Å². The van der Waals surface area contributed by atoms with Crippen molar-refractivity contribution in [2.75, 3.05) is 18.1 Å². The summed E-state index contributed by atoms with van der Waals surface area (Å²) >= 11 is 1.84. The molecule has 1 aromatic carbocycles. The van der Waals surface area contributed by atoms with Gasteiger partial charge in [-0.05, 0) is 24.9 Å². The topological polar surface area (TPSA) is 12.0 Å². The van der Waals surface area contributed by atoms with Gasteiger partial charge in [0.2, 0.25) is 0 Å². The minimum atomic E-state index is -2.80. The Balaban J connectivity index is 2.37. The van der Waals surface area contributed by atoms with E-state index in [4.69, 9.17) is 0 Å². The van der Waals surface area contributed by atoms with Crippen LogP contribution >= 0.6 is 11.8 Å². The Bertz CT molecular complexity index is 330. The van der Waals surface area contributed by atoms with Gasteiger partial charge in [0, 0.05) is 11.6 Å². The van der Waals surface area contributed by atoms with E-state index in [-0.39, 0.29) is 18.2 Å². The number of benzene rings is 1. The lowest BCUT2D eigenvalue weighted by Gasteiger charge is -2.20. The first kappa shape index (κ1) is 15.4. The van der Waals surface area contributed by atoms with E-state index in [2.05, 4.69) is 12.2 Å². The fraction of sp³-hybridized carbons (Fsp3) is 0.571. The molecule has 1 rings (SSSR count). The summed E-state index contributed by atoms with van der Waals surface area (Å²) in [6.07, 6.45) is 0.920. The van der Waals surface area contributed by atoms with Crippen LogP contribution in [0.2, 0.25) is 0 Å². The molecule has 102 valence electrons. The summed E-state index contributed by atoms with van der Waals surface area (Å²) in [4.78, 5) is 0. The number of thioether (sulfide) groups is 1. The van der Waals surface area contributed by atoms with Gasteiger partial charge in [-0.2, -0.15) is 20.5 Å². The van der Waals surface area contributed by atoms with Crippen molar-refractivity contribution < 1.29 is 8.78 Å². The monoisotopic (exact) mass is 273 g/mol. The standard InChI is InChI=1S/C14H21F2NS/c1-3-18-10-9-12(2)17-11-14(15,16)13-7-5-4-6-8-13/h4-8,12,17H,3,9-11H2,1-2H3. The molecule has 0 radical (unpaired) electrons. The maximum absolute atomic E-state index is 13.8. The highest BCUT2D eigenvalue weighted by atomic mass is 32.2. The van der Waals surface area contributed by atoms with E-state index in [1.54, 1.807) is 18.2 Å². The van der Waals surface area contributed by atoms with E-state index in [0.717, 1.165) is 17.9 Å². The summed E-state index contributed by atoms with van der Waals surface area (Å²) < 4.78 is 27.7. The zero-order chi connectivity index (χ0) is 13.4. The fourth-order valence-electron chi connectivity index (χ4n) is 1.59. The van der Waals surface area contributed by atoms with Crippen LogP contribution in [0.15, 0.2) is 30.3 Å². The second kappa shape index (κ2) is 7.74. The summed E-state index contributed by atoms with van der Waals surface area (Å²) in [7, 11) is 0. The van der Waals surface area contributed by atoms with Gasteiger partial charge in [0.05, 0.1) is 6.54 Å². The molecule has 0 aliphatic carbocycles. The summed E-state index contributed by atoms with van der Waals surface area (Å²) in [5, 5.41) is 2.92. The van der Waals surface area contributed by atoms with Crippen LogP contribution in [0.4, 0.5) is 8.78 Å². The zero-order valence-corrected chi connectivity index (χ0v) is 11.8. The number of nitrogens with one attached hydrogen (secondary N) is 1. The lowest BCUT2D eigenvalue weighted by Crippen LogP contribution is -2.36. The second-order valence-electron chi connectivity index (χ2n) is 4.34. The molecule has 0 heterocycles. The molecule has 0 bridgehead atoms. The Kier molecular flexibility index (Phi) is 6.65. The van der Waals surface area contributed by atoms with Crippen LogP contribution in [0.25, 0.3) is 0 Å². The number of alkyl halides is 2. The van der Waals surface area contributed by atoms with Gasteiger partial charge in [0.25, 0.3) is 5.92 Å². The molecule has 0 saturated carbocycles. The molecule has 0 fully saturated rings. The van der Waals surface area contributed by atoms with Crippen molar-refractivity contribution in [1.29, 1.82) is 0 Å². The van der Waals surface area contributed by atoms with Gasteiger partial charge < -0.3 is 5.32 Å². The van der Waals surface area contributed by atoms with E-state index in [0.29, 0.717) is 0 Å². The Labute approximate surface area is 112 Å². The van der Waals surface area contributed by atoms with Crippen LogP contribution in [0.1, 0.15) is 25.8 Å². The second-order valence-corrected chi connectivity index (χ2v) is 5.73. The smallest absolute Gasteiger partial charge is 0.285 e. The van der Waals surface area contributed by atoms with Crippen LogP contribution in [0, 0.1) is 0 Å². The number of halogens is 2. The van der Waals surface area contributed by atoms with Gasteiger partial charge in [-0.1, -0.05) is 37.3 Å². The van der Waals surface area contributed by atoms with Crippen LogP contribution in [-0.4, -0.2) is 24.1 Å². The first-order chi connectivity index (χ1) is 8.56. The molecule has 0 aromatic heterocycles. The molecule has 18 heavy (non-hydrogen) atoms. The molecule has 1 unspecified atom stereocenters.